The molecule has 0 amide bonds. The summed E-state index contributed by atoms with van der Waals surface area (Å²) in [5.41, 5.74) is 4.02. The Kier molecular flexibility index (Phi) is 5.08. The molecule has 0 radical (unpaired) electrons. The molecule has 1 aromatic rings. The number of carbonyl (C=O) groups excluding carboxylic acids is 1. The van der Waals surface area contributed by atoms with Crippen LogP contribution in [0, 0.1) is 5.82 Å². The first-order valence-corrected chi connectivity index (χ1v) is 5.31. The first-order chi connectivity index (χ1) is 8.49. The van der Waals surface area contributed by atoms with Gasteiger partial charge in [0.1, 0.15) is 11.5 Å². The third kappa shape index (κ3) is 3.43. The summed E-state index contributed by atoms with van der Waals surface area (Å²) in [4.78, 5) is 14.7. The van der Waals surface area contributed by atoms with Gasteiger partial charge >= 0.3 is 5.97 Å². The molecule has 100 valence electrons. The lowest BCUT2D eigenvalue weighted by Gasteiger charge is -2.10. The Morgan fingerprint density at radius 3 is 2.72 bits per heavy atom. The number of hydrogen-bond donors (Lipinski definition) is 1. The zero-order chi connectivity index (χ0) is 13.7. The maximum atomic E-state index is 13.5. The van der Waals surface area contributed by atoms with Crippen molar-refractivity contribution in [3.05, 3.63) is 28.8 Å². The molecule has 0 aliphatic heterocycles. The Morgan fingerprint density at radius 1 is 1.56 bits per heavy atom. The Morgan fingerprint density at radius 2 is 2.22 bits per heavy atom. The second-order valence-corrected chi connectivity index (χ2v) is 3.45. The van der Waals surface area contributed by atoms with E-state index in [-0.39, 0.29) is 30.8 Å². The zero-order valence-electron chi connectivity index (χ0n) is 9.75. The van der Waals surface area contributed by atoms with E-state index in [0.29, 0.717) is 0 Å². The predicted octanol–water partition coefficient (Wildman–Crippen LogP) is 1.72. The monoisotopic (exact) mass is 262 g/mol. The summed E-state index contributed by atoms with van der Waals surface area (Å²) < 4.78 is 43.4. The molecule has 0 atom stereocenters. The van der Waals surface area contributed by atoms with E-state index < -0.39 is 23.9 Å². The van der Waals surface area contributed by atoms with E-state index in [4.69, 9.17) is 5.73 Å². The van der Waals surface area contributed by atoms with Crippen LogP contribution >= 0.6 is 0 Å². The summed E-state index contributed by atoms with van der Waals surface area (Å²) in [6.07, 6.45) is -3.30. The number of nitrogens with zero attached hydrogens (tertiary/aromatic N) is 1. The second kappa shape index (κ2) is 6.34. The molecule has 0 aliphatic rings. The van der Waals surface area contributed by atoms with Gasteiger partial charge in [0.2, 0.25) is 0 Å². The molecular weight excluding hydrogens is 249 g/mol. The normalized spacial score (nSPS) is 10.8. The smallest absolute Gasteiger partial charge is 0.311 e. The first-order valence-electron chi connectivity index (χ1n) is 5.31. The van der Waals surface area contributed by atoms with Crippen LogP contribution in [0.1, 0.15) is 30.3 Å². The van der Waals surface area contributed by atoms with Crippen molar-refractivity contribution in [3.63, 3.8) is 0 Å². The summed E-state index contributed by atoms with van der Waals surface area (Å²) in [5.74, 6) is -1.53. The summed E-state index contributed by atoms with van der Waals surface area (Å²) in [7, 11) is 0. The third-order valence-electron chi connectivity index (χ3n) is 2.20. The van der Waals surface area contributed by atoms with Crippen molar-refractivity contribution in [2.75, 3.05) is 6.61 Å². The van der Waals surface area contributed by atoms with Crippen molar-refractivity contribution in [3.8, 4) is 0 Å². The lowest BCUT2D eigenvalue weighted by atomic mass is 10.1. The van der Waals surface area contributed by atoms with Gasteiger partial charge in [-0.25, -0.2) is 13.2 Å². The fourth-order valence-corrected chi connectivity index (χ4v) is 1.44. The lowest BCUT2D eigenvalue weighted by Crippen LogP contribution is -2.13. The van der Waals surface area contributed by atoms with Crippen LogP contribution in [0.15, 0.2) is 6.07 Å². The van der Waals surface area contributed by atoms with Crippen LogP contribution in [-0.4, -0.2) is 17.6 Å². The number of hydrogen-bond acceptors (Lipinski definition) is 4. The predicted molar refractivity (Wildman–Crippen MR) is 57.4 cm³/mol. The Hall–Kier alpha value is -1.63. The molecule has 18 heavy (non-hydrogen) atoms. The molecule has 4 nitrogen and oxygen atoms in total. The molecule has 0 aromatic carbocycles. The third-order valence-corrected chi connectivity index (χ3v) is 2.20. The Labute approximate surface area is 102 Å². The average molecular weight is 262 g/mol. The molecule has 1 heterocycles. The molecule has 2 N–H and O–H groups in total. The van der Waals surface area contributed by atoms with Gasteiger partial charge in [-0.1, -0.05) is 0 Å². The van der Waals surface area contributed by atoms with Crippen LogP contribution in [0.5, 0.6) is 0 Å². The van der Waals surface area contributed by atoms with Crippen LogP contribution < -0.4 is 5.73 Å². The van der Waals surface area contributed by atoms with E-state index in [0.717, 1.165) is 6.07 Å². The highest BCUT2D eigenvalue weighted by molar-refractivity contribution is 5.72. The second-order valence-electron chi connectivity index (χ2n) is 3.45. The van der Waals surface area contributed by atoms with Crippen molar-refractivity contribution in [2.45, 2.75) is 26.3 Å². The fourth-order valence-electron chi connectivity index (χ4n) is 1.44. The molecule has 0 aliphatic carbocycles. The first kappa shape index (κ1) is 14.4. The van der Waals surface area contributed by atoms with E-state index in [9.17, 15) is 18.0 Å². The van der Waals surface area contributed by atoms with Crippen LogP contribution in [0.3, 0.4) is 0 Å². The van der Waals surface area contributed by atoms with Gasteiger partial charge in [-0.2, -0.15) is 0 Å². The number of esters is 1. The van der Waals surface area contributed by atoms with Gasteiger partial charge in [-0.3, -0.25) is 9.78 Å². The minimum Gasteiger partial charge on any atom is -0.466 e. The molecule has 0 spiro atoms. The highest BCUT2D eigenvalue weighted by Gasteiger charge is 2.20. The number of ether oxygens (including phenoxy) is 1. The summed E-state index contributed by atoms with van der Waals surface area (Å²) in [5, 5.41) is 0. The molecule has 0 saturated heterocycles. The van der Waals surface area contributed by atoms with Gasteiger partial charge in [-0.15, -0.1) is 0 Å². The molecule has 0 fully saturated rings. The quantitative estimate of drug-likeness (QED) is 0.820. The topological polar surface area (TPSA) is 65.2 Å². The highest BCUT2D eigenvalue weighted by atomic mass is 19.3. The summed E-state index contributed by atoms with van der Waals surface area (Å²) in [6.45, 7) is 1.39. The SMILES string of the molecule is CCOC(=O)Cc1cc(F)c(CN)c(C(F)F)n1. The van der Waals surface area contributed by atoms with Crippen molar-refractivity contribution in [1.29, 1.82) is 0 Å². The number of halogens is 3. The van der Waals surface area contributed by atoms with Crippen LogP contribution in [0.25, 0.3) is 0 Å². The Balaban J connectivity index is 3.05. The standard InChI is InChI=1S/C11H13F3N2O2/c1-2-18-9(17)4-6-3-8(12)7(5-15)10(16-6)11(13)14/h3,11H,2,4-5,15H2,1H3. The number of rotatable bonds is 5. The van der Waals surface area contributed by atoms with Crippen molar-refractivity contribution >= 4 is 5.97 Å². The molecule has 0 saturated carbocycles. The van der Waals surface area contributed by atoms with Gasteiger partial charge in [-0.05, 0) is 13.0 Å². The molecule has 0 bridgehead atoms. The van der Waals surface area contributed by atoms with Gasteiger partial charge in [0, 0.05) is 12.1 Å². The minimum absolute atomic E-state index is 0.0987. The van der Waals surface area contributed by atoms with Crippen molar-refractivity contribution in [2.24, 2.45) is 5.73 Å². The number of alkyl halides is 2. The molecule has 1 aromatic heterocycles. The van der Waals surface area contributed by atoms with E-state index in [1.54, 1.807) is 6.92 Å². The van der Waals surface area contributed by atoms with Gasteiger partial charge in [0.25, 0.3) is 6.43 Å². The molecule has 7 heteroatoms. The zero-order valence-corrected chi connectivity index (χ0v) is 9.75. The average Bonchev–Trinajstić information content (AvgIpc) is 2.28. The van der Waals surface area contributed by atoms with E-state index in [2.05, 4.69) is 9.72 Å². The molecule has 0 unspecified atom stereocenters. The number of carbonyl (C=O) groups is 1. The Bertz CT molecular complexity index is 439. The largest absolute Gasteiger partial charge is 0.466 e. The van der Waals surface area contributed by atoms with Crippen molar-refractivity contribution < 1.29 is 22.7 Å². The number of pyridine rings is 1. The molecule has 1 rings (SSSR count). The van der Waals surface area contributed by atoms with Gasteiger partial charge < -0.3 is 10.5 Å². The molecular formula is C11H13F3N2O2. The number of aromatic nitrogens is 1. The lowest BCUT2D eigenvalue weighted by molar-refractivity contribution is -0.142. The van der Waals surface area contributed by atoms with Crippen LogP contribution in [0.2, 0.25) is 0 Å². The van der Waals surface area contributed by atoms with Gasteiger partial charge in [0.05, 0.1) is 18.7 Å². The summed E-state index contributed by atoms with van der Waals surface area (Å²) >= 11 is 0. The number of nitrogens with two attached hydrogens (primary N) is 1. The maximum Gasteiger partial charge on any atom is 0.311 e. The minimum atomic E-state index is -2.94. The highest BCUT2D eigenvalue weighted by Crippen LogP contribution is 2.23. The van der Waals surface area contributed by atoms with Crippen LogP contribution in [0.4, 0.5) is 13.2 Å². The maximum absolute atomic E-state index is 13.5. The van der Waals surface area contributed by atoms with Crippen LogP contribution in [-0.2, 0) is 22.5 Å². The van der Waals surface area contributed by atoms with E-state index >= 15 is 0 Å². The van der Waals surface area contributed by atoms with E-state index in [1.807, 2.05) is 0 Å². The summed E-state index contributed by atoms with van der Waals surface area (Å²) in [6, 6.07) is 0.922. The van der Waals surface area contributed by atoms with Gasteiger partial charge in [0.15, 0.2) is 0 Å². The van der Waals surface area contributed by atoms with E-state index in [1.165, 1.54) is 0 Å². The fraction of sp³-hybridized carbons (Fsp3) is 0.455. The van der Waals surface area contributed by atoms with Crippen molar-refractivity contribution in [1.82, 2.24) is 4.98 Å².